The van der Waals surface area contributed by atoms with Crippen molar-refractivity contribution in [3.63, 3.8) is 0 Å². The summed E-state index contributed by atoms with van der Waals surface area (Å²) in [5.74, 6) is 1.06. The Kier molecular flexibility index (Phi) is 4.77. The Bertz CT molecular complexity index is 775. The molecule has 0 spiro atoms. The molecule has 1 aromatic heterocycles. The number of nitrogens with one attached hydrogen (secondary N) is 1. The van der Waals surface area contributed by atoms with Crippen LogP contribution in [0.25, 0.3) is 11.3 Å². The Balaban J connectivity index is 1.52. The molecule has 2 atom stereocenters. The quantitative estimate of drug-likeness (QED) is 0.888. The van der Waals surface area contributed by atoms with E-state index < -0.39 is 0 Å². The SMILES string of the molecule is Cc1nc(-c2ccccc2)ccc1C(=O)NC1C2CCCC1CC(N)C2. The molecule has 2 saturated carbocycles. The minimum atomic E-state index is 0.00647. The number of amides is 1. The van der Waals surface area contributed by atoms with Crippen LogP contribution in [-0.4, -0.2) is 23.0 Å². The molecule has 136 valence electrons. The first kappa shape index (κ1) is 17.2. The van der Waals surface area contributed by atoms with Gasteiger partial charge in [0.05, 0.1) is 17.0 Å². The van der Waals surface area contributed by atoms with E-state index in [-0.39, 0.29) is 11.9 Å². The first-order chi connectivity index (χ1) is 12.6. The molecule has 0 radical (unpaired) electrons. The van der Waals surface area contributed by atoms with Crippen LogP contribution in [0.15, 0.2) is 42.5 Å². The molecule has 2 fully saturated rings. The summed E-state index contributed by atoms with van der Waals surface area (Å²) in [7, 11) is 0. The van der Waals surface area contributed by atoms with Gasteiger partial charge in [-0.15, -0.1) is 0 Å². The lowest BCUT2D eigenvalue weighted by molar-refractivity contribution is 0.0755. The summed E-state index contributed by atoms with van der Waals surface area (Å²) in [5.41, 5.74) is 9.63. The number of hydrogen-bond donors (Lipinski definition) is 2. The van der Waals surface area contributed by atoms with E-state index in [4.69, 9.17) is 5.73 Å². The van der Waals surface area contributed by atoms with Gasteiger partial charge in [-0.05, 0) is 56.6 Å². The second-order valence-corrected chi connectivity index (χ2v) is 7.88. The van der Waals surface area contributed by atoms with Gasteiger partial charge in [0.15, 0.2) is 0 Å². The number of benzene rings is 1. The number of nitrogens with two attached hydrogens (primary N) is 1. The van der Waals surface area contributed by atoms with Gasteiger partial charge in [-0.3, -0.25) is 9.78 Å². The molecule has 1 heterocycles. The molecule has 2 aliphatic carbocycles. The smallest absolute Gasteiger partial charge is 0.253 e. The zero-order chi connectivity index (χ0) is 18.1. The third-order valence-electron chi connectivity index (χ3n) is 6.07. The summed E-state index contributed by atoms with van der Waals surface area (Å²) in [6, 6.07) is 14.5. The molecule has 1 aromatic carbocycles. The lowest BCUT2D eigenvalue weighted by Crippen LogP contribution is -2.53. The van der Waals surface area contributed by atoms with Crippen LogP contribution < -0.4 is 11.1 Å². The predicted octanol–water partition coefficient (Wildman–Crippen LogP) is 3.69. The van der Waals surface area contributed by atoms with Gasteiger partial charge in [0, 0.05) is 17.6 Å². The highest BCUT2D eigenvalue weighted by atomic mass is 16.1. The number of fused-ring (bicyclic) bond motifs is 2. The molecule has 26 heavy (non-hydrogen) atoms. The van der Waals surface area contributed by atoms with E-state index in [0.717, 1.165) is 29.8 Å². The lowest BCUT2D eigenvalue weighted by Gasteiger charge is -2.45. The average Bonchev–Trinajstić information content (AvgIpc) is 2.63. The molecule has 3 N–H and O–H groups in total. The van der Waals surface area contributed by atoms with Crippen LogP contribution in [0.5, 0.6) is 0 Å². The van der Waals surface area contributed by atoms with Gasteiger partial charge >= 0.3 is 0 Å². The van der Waals surface area contributed by atoms with Gasteiger partial charge in [-0.2, -0.15) is 0 Å². The lowest BCUT2D eigenvalue weighted by atomic mass is 9.67. The highest BCUT2D eigenvalue weighted by Gasteiger charge is 2.40. The van der Waals surface area contributed by atoms with Crippen molar-refractivity contribution in [3.05, 3.63) is 53.7 Å². The standard InChI is InChI=1S/C22H27N3O/c1-14-19(10-11-20(24-14)15-6-3-2-4-7-15)22(26)25-21-16-8-5-9-17(21)13-18(23)12-16/h2-4,6-7,10-11,16-18,21H,5,8-9,12-13,23H2,1H3,(H,25,26). The first-order valence-electron chi connectivity index (χ1n) is 9.71. The number of aromatic nitrogens is 1. The van der Waals surface area contributed by atoms with E-state index in [9.17, 15) is 4.79 Å². The van der Waals surface area contributed by atoms with Crippen molar-refractivity contribution in [1.82, 2.24) is 10.3 Å². The molecule has 4 heteroatoms. The first-order valence-corrected chi connectivity index (χ1v) is 9.71. The monoisotopic (exact) mass is 349 g/mol. The number of aryl methyl sites for hydroxylation is 1. The predicted molar refractivity (Wildman–Crippen MR) is 104 cm³/mol. The van der Waals surface area contributed by atoms with Crippen molar-refractivity contribution in [2.75, 3.05) is 0 Å². The van der Waals surface area contributed by atoms with Crippen molar-refractivity contribution in [2.24, 2.45) is 17.6 Å². The molecule has 0 aliphatic heterocycles. The Morgan fingerprint density at radius 3 is 2.42 bits per heavy atom. The number of nitrogens with zero attached hydrogens (tertiary/aromatic N) is 1. The maximum Gasteiger partial charge on any atom is 0.253 e. The highest BCUT2D eigenvalue weighted by Crippen LogP contribution is 2.39. The largest absolute Gasteiger partial charge is 0.349 e. The van der Waals surface area contributed by atoms with Gasteiger partial charge in [-0.25, -0.2) is 0 Å². The zero-order valence-electron chi connectivity index (χ0n) is 15.3. The number of rotatable bonds is 3. The molecule has 2 aliphatic rings. The Morgan fingerprint density at radius 2 is 1.77 bits per heavy atom. The topological polar surface area (TPSA) is 68.0 Å². The summed E-state index contributed by atoms with van der Waals surface area (Å²) in [4.78, 5) is 17.6. The van der Waals surface area contributed by atoms with E-state index >= 15 is 0 Å². The summed E-state index contributed by atoms with van der Waals surface area (Å²) in [6.07, 6.45) is 5.69. The fraction of sp³-hybridized carbons (Fsp3) is 0.455. The van der Waals surface area contributed by atoms with Crippen molar-refractivity contribution >= 4 is 5.91 Å². The number of pyridine rings is 1. The van der Waals surface area contributed by atoms with Gasteiger partial charge in [0.2, 0.25) is 0 Å². The molecule has 2 bridgehead atoms. The fourth-order valence-corrected chi connectivity index (χ4v) is 4.82. The molecule has 4 rings (SSSR count). The summed E-state index contributed by atoms with van der Waals surface area (Å²) in [6.45, 7) is 1.92. The average molecular weight is 349 g/mol. The molecule has 2 unspecified atom stereocenters. The van der Waals surface area contributed by atoms with Crippen molar-refractivity contribution < 1.29 is 4.79 Å². The summed E-state index contributed by atoms with van der Waals surface area (Å²) in [5, 5.41) is 3.32. The molecular formula is C22H27N3O. The van der Waals surface area contributed by atoms with Crippen LogP contribution in [0, 0.1) is 18.8 Å². The van der Waals surface area contributed by atoms with E-state index in [0.29, 0.717) is 23.4 Å². The van der Waals surface area contributed by atoms with Crippen LogP contribution in [0.2, 0.25) is 0 Å². The highest BCUT2D eigenvalue weighted by molar-refractivity contribution is 5.95. The minimum absolute atomic E-state index is 0.00647. The number of carbonyl (C=O) groups excluding carboxylic acids is 1. The van der Waals surface area contributed by atoms with Gasteiger partial charge in [0.1, 0.15) is 0 Å². The minimum Gasteiger partial charge on any atom is -0.349 e. The van der Waals surface area contributed by atoms with Crippen molar-refractivity contribution in [1.29, 1.82) is 0 Å². The summed E-state index contributed by atoms with van der Waals surface area (Å²) >= 11 is 0. The maximum atomic E-state index is 12.9. The Morgan fingerprint density at radius 1 is 1.08 bits per heavy atom. The fourth-order valence-electron chi connectivity index (χ4n) is 4.82. The van der Waals surface area contributed by atoms with E-state index in [1.54, 1.807) is 0 Å². The third-order valence-corrected chi connectivity index (χ3v) is 6.07. The second-order valence-electron chi connectivity index (χ2n) is 7.88. The normalized spacial score (nSPS) is 27.8. The summed E-state index contributed by atoms with van der Waals surface area (Å²) < 4.78 is 0. The van der Waals surface area contributed by atoms with E-state index in [2.05, 4.69) is 10.3 Å². The van der Waals surface area contributed by atoms with Gasteiger partial charge in [0.25, 0.3) is 5.91 Å². The molecule has 4 nitrogen and oxygen atoms in total. The molecular weight excluding hydrogens is 322 g/mol. The van der Waals surface area contributed by atoms with Crippen LogP contribution in [0.3, 0.4) is 0 Å². The van der Waals surface area contributed by atoms with Crippen molar-refractivity contribution in [2.45, 2.75) is 51.1 Å². The van der Waals surface area contributed by atoms with Crippen LogP contribution in [0.4, 0.5) is 0 Å². The van der Waals surface area contributed by atoms with Gasteiger partial charge < -0.3 is 11.1 Å². The van der Waals surface area contributed by atoms with Crippen LogP contribution >= 0.6 is 0 Å². The number of carbonyl (C=O) groups is 1. The van der Waals surface area contributed by atoms with E-state index in [1.165, 1.54) is 19.3 Å². The third kappa shape index (κ3) is 3.38. The van der Waals surface area contributed by atoms with E-state index in [1.807, 2.05) is 49.4 Å². The molecule has 2 aromatic rings. The Hall–Kier alpha value is -2.20. The van der Waals surface area contributed by atoms with Gasteiger partial charge in [-0.1, -0.05) is 36.8 Å². The van der Waals surface area contributed by atoms with Crippen LogP contribution in [-0.2, 0) is 0 Å². The maximum absolute atomic E-state index is 12.9. The van der Waals surface area contributed by atoms with Crippen molar-refractivity contribution in [3.8, 4) is 11.3 Å². The second kappa shape index (κ2) is 7.20. The molecule has 0 saturated heterocycles. The molecule has 1 amide bonds. The van der Waals surface area contributed by atoms with Crippen LogP contribution in [0.1, 0.15) is 48.2 Å². The Labute approximate surface area is 155 Å². The number of hydrogen-bond acceptors (Lipinski definition) is 3. The zero-order valence-corrected chi connectivity index (χ0v) is 15.3.